The summed E-state index contributed by atoms with van der Waals surface area (Å²) in [6.07, 6.45) is 0.344. The summed E-state index contributed by atoms with van der Waals surface area (Å²) in [5.74, 6) is 0. The highest BCUT2D eigenvalue weighted by Gasteiger charge is 2.24. The van der Waals surface area contributed by atoms with Crippen LogP contribution in [0.25, 0.3) is 0 Å². The number of carbonyl (C=O) groups excluding carboxylic acids is 2. The van der Waals surface area contributed by atoms with Crippen molar-refractivity contribution < 1.29 is 14.5 Å². The van der Waals surface area contributed by atoms with Crippen molar-refractivity contribution in [2.75, 3.05) is 0 Å². The molecule has 6 nitrogen and oxygen atoms in total. The molecule has 0 N–H and O–H groups in total. The van der Waals surface area contributed by atoms with Crippen molar-refractivity contribution in [3.8, 4) is 6.07 Å². The molecule has 0 atom stereocenters. The van der Waals surface area contributed by atoms with E-state index in [0.717, 1.165) is 12.1 Å². The topological polar surface area (TPSA) is 101 Å². The maximum absolute atomic E-state index is 11.0. The monoisotopic (exact) mass is 238 g/mol. The summed E-state index contributed by atoms with van der Waals surface area (Å²) in [5.41, 5.74) is -1.51. The van der Waals surface area contributed by atoms with Crippen LogP contribution in [-0.4, -0.2) is 16.5 Å². The summed E-state index contributed by atoms with van der Waals surface area (Å²) in [6, 6.07) is 3.54. The molecule has 0 aliphatic rings. The number of carbonyl (C=O) groups is 2. The number of halogens is 1. The highest BCUT2D eigenvalue weighted by molar-refractivity contribution is 6.68. The van der Waals surface area contributed by atoms with Crippen LogP contribution in [-0.2, 0) is 0 Å². The summed E-state index contributed by atoms with van der Waals surface area (Å²) in [7, 11) is 0. The number of rotatable bonds is 3. The first-order valence-corrected chi connectivity index (χ1v) is 4.26. The van der Waals surface area contributed by atoms with Crippen molar-refractivity contribution in [2.45, 2.75) is 0 Å². The van der Waals surface area contributed by atoms with Gasteiger partial charge < -0.3 is 0 Å². The molecule has 0 amide bonds. The van der Waals surface area contributed by atoms with Gasteiger partial charge in [0.25, 0.3) is 10.9 Å². The fourth-order valence-corrected chi connectivity index (χ4v) is 1.35. The molecule has 0 aliphatic carbocycles. The van der Waals surface area contributed by atoms with Gasteiger partial charge in [-0.25, -0.2) is 0 Å². The van der Waals surface area contributed by atoms with E-state index in [1.165, 1.54) is 0 Å². The fourth-order valence-electron chi connectivity index (χ4n) is 1.16. The van der Waals surface area contributed by atoms with Gasteiger partial charge in [0.1, 0.15) is 17.9 Å². The van der Waals surface area contributed by atoms with Gasteiger partial charge in [-0.05, 0) is 17.7 Å². The van der Waals surface area contributed by atoms with E-state index in [0.29, 0.717) is 6.29 Å². The molecule has 7 heteroatoms. The van der Waals surface area contributed by atoms with Crippen LogP contribution in [0.4, 0.5) is 5.69 Å². The molecule has 0 heterocycles. The molecule has 0 fully saturated rings. The van der Waals surface area contributed by atoms with Crippen LogP contribution in [0.5, 0.6) is 0 Å². The molecule has 0 aromatic heterocycles. The Balaban J connectivity index is 3.68. The van der Waals surface area contributed by atoms with E-state index < -0.39 is 21.4 Å². The van der Waals surface area contributed by atoms with Crippen molar-refractivity contribution in [3.63, 3.8) is 0 Å². The predicted molar refractivity (Wildman–Crippen MR) is 53.4 cm³/mol. The number of aldehydes is 1. The smallest absolute Gasteiger partial charge is 0.283 e. The summed E-state index contributed by atoms with van der Waals surface area (Å²) in [5, 5.41) is 18.2. The van der Waals surface area contributed by atoms with Gasteiger partial charge in [-0.3, -0.25) is 19.7 Å². The van der Waals surface area contributed by atoms with Crippen molar-refractivity contribution in [2.24, 2.45) is 0 Å². The molecule has 0 bridgehead atoms. The zero-order chi connectivity index (χ0) is 12.3. The van der Waals surface area contributed by atoms with E-state index in [2.05, 4.69) is 0 Å². The van der Waals surface area contributed by atoms with E-state index in [4.69, 9.17) is 16.9 Å². The molecule has 0 saturated carbocycles. The van der Waals surface area contributed by atoms with Crippen LogP contribution in [0, 0.1) is 21.4 Å². The Morgan fingerprint density at radius 2 is 2.19 bits per heavy atom. The summed E-state index contributed by atoms with van der Waals surface area (Å²) in [4.78, 5) is 31.2. The molecule has 1 rings (SSSR count). The molecule has 80 valence electrons. The first-order valence-electron chi connectivity index (χ1n) is 3.88. The molecule has 0 aliphatic heterocycles. The third kappa shape index (κ3) is 2.04. The first kappa shape index (κ1) is 11.8. The SMILES string of the molecule is N#Cc1cc(C=O)cc([N+](=O)[O-])c1C(=O)Cl. The normalized spacial score (nSPS) is 9.25. The predicted octanol–water partition coefficient (Wildman–Crippen LogP) is 1.66. The zero-order valence-electron chi connectivity index (χ0n) is 7.64. The van der Waals surface area contributed by atoms with Gasteiger partial charge in [0.2, 0.25) is 0 Å². The van der Waals surface area contributed by atoms with Gasteiger partial charge in [0, 0.05) is 11.6 Å². The number of hydrogen-bond donors (Lipinski definition) is 0. The van der Waals surface area contributed by atoms with Gasteiger partial charge in [-0.1, -0.05) is 0 Å². The molecule has 0 saturated heterocycles. The third-order valence-electron chi connectivity index (χ3n) is 1.79. The van der Waals surface area contributed by atoms with Crippen molar-refractivity contribution >= 4 is 28.8 Å². The van der Waals surface area contributed by atoms with Crippen LogP contribution < -0.4 is 0 Å². The molecule has 0 spiro atoms. The second kappa shape index (κ2) is 4.51. The highest BCUT2D eigenvalue weighted by Crippen LogP contribution is 2.25. The molecular formula is C9H3ClN2O4. The minimum absolute atomic E-state index is 0.0649. The number of hydrogen-bond acceptors (Lipinski definition) is 5. The number of nitriles is 1. The third-order valence-corrected chi connectivity index (χ3v) is 1.98. The standard InChI is InChI=1S/C9H3ClN2O4/c10-9(14)8-6(3-11)1-5(4-13)2-7(8)12(15)16/h1-2,4H. The minimum Gasteiger partial charge on any atom is -0.298 e. The highest BCUT2D eigenvalue weighted by atomic mass is 35.5. The average Bonchev–Trinajstić information content (AvgIpc) is 2.26. The van der Waals surface area contributed by atoms with E-state index in [1.54, 1.807) is 6.07 Å². The lowest BCUT2D eigenvalue weighted by molar-refractivity contribution is -0.385. The summed E-state index contributed by atoms with van der Waals surface area (Å²) < 4.78 is 0. The van der Waals surface area contributed by atoms with Crippen molar-refractivity contribution in [3.05, 3.63) is 38.9 Å². The van der Waals surface area contributed by atoms with Crippen LogP contribution in [0.3, 0.4) is 0 Å². The average molecular weight is 239 g/mol. The van der Waals surface area contributed by atoms with E-state index in [9.17, 15) is 19.7 Å². The van der Waals surface area contributed by atoms with Crippen LogP contribution in [0.15, 0.2) is 12.1 Å². The van der Waals surface area contributed by atoms with Gasteiger partial charge in [-0.2, -0.15) is 5.26 Å². The molecule has 0 radical (unpaired) electrons. The van der Waals surface area contributed by atoms with Gasteiger partial charge >= 0.3 is 0 Å². The summed E-state index contributed by atoms with van der Waals surface area (Å²) in [6.45, 7) is 0. The quantitative estimate of drug-likeness (QED) is 0.345. The van der Waals surface area contributed by atoms with Crippen molar-refractivity contribution in [1.29, 1.82) is 5.26 Å². The largest absolute Gasteiger partial charge is 0.298 e. The Morgan fingerprint density at radius 1 is 1.56 bits per heavy atom. The van der Waals surface area contributed by atoms with Crippen molar-refractivity contribution in [1.82, 2.24) is 0 Å². The first-order chi connectivity index (χ1) is 7.51. The molecule has 16 heavy (non-hydrogen) atoms. The maximum atomic E-state index is 11.0. The molecule has 1 aromatic carbocycles. The Kier molecular flexibility index (Phi) is 3.33. The van der Waals surface area contributed by atoms with E-state index in [1.807, 2.05) is 0 Å². The number of nitrogens with zero attached hydrogens (tertiary/aromatic N) is 2. The second-order valence-corrected chi connectivity index (χ2v) is 3.07. The fraction of sp³-hybridized carbons (Fsp3) is 0. The lowest BCUT2D eigenvalue weighted by Crippen LogP contribution is -2.03. The summed E-state index contributed by atoms with van der Waals surface area (Å²) >= 11 is 5.15. The van der Waals surface area contributed by atoms with Crippen LogP contribution in [0.2, 0.25) is 0 Å². The number of nitro groups is 1. The van der Waals surface area contributed by atoms with Gasteiger partial charge in [0.15, 0.2) is 0 Å². The maximum Gasteiger partial charge on any atom is 0.283 e. The Hall–Kier alpha value is -2.26. The number of benzene rings is 1. The van der Waals surface area contributed by atoms with Crippen LogP contribution >= 0.6 is 11.6 Å². The number of nitro benzene ring substituents is 1. The van der Waals surface area contributed by atoms with E-state index >= 15 is 0 Å². The molecule has 0 unspecified atom stereocenters. The Labute approximate surface area is 94.2 Å². The van der Waals surface area contributed by atoms with Gasteiger partial charge in [-0.15, -0.1) is 0 Å². The molecule has 1 aromatic rings. The Bertz CT molecular complexity index is 533. The Morgan fingerprint density at radius 3 is 2.56 bits per heavy atom. The van der Waals surface area contributed by atoms with Gasteiger partial charge in [0.05, 0.1) is 10.5 Å². The minimum atomic E-state index is -1.11. The zero-order valence-corrected chi connectivity index (χ0v) is 8.39. The lowest BCUT2D eigenvalue weighted by atomic mass is 10.0. The van der Waals surface area contributed by atoms with E-state index in [-0.39, 0.29) is 11.1 Å². The lowest BCUT2D eigenvalue weighted by Gasteiger charge is -2.01. The molecular weight excluding hydrogens is 236 g/mol. The second-order valence-electron chi connectivity index (χ2n) is 2.72. The van der Waals surface area contributed by atoms with Crippen LogP contribution in [0.1, 0.15) is 26.3 Å².